The van der Waals surface area contributed by atoms with Gasteiger partial charge < -0.3 is 14.5 Å². The van der Waals surface area contributed by atoms with E-state index in [1.165, 1.54) is 0 Å². The van der Waals surface area contributed by atoms with Crippen molar-refractivity contribution in [3.05, 3.63) is 41.0 Å². The molecule has 146 valence electrons. The van der Waals surface area contributed by atoms with E-state index in [0.29, 0.717) is 11.5 Å². The molecule has 0 spiro atoms. The molecule has 2 aromatic rings. The van der Waals surface area contributed by atoms with E-state index in [2.05, 4.69) is 31.9 Å². The summed E-state index contributed by atoms with van der Waals surface area (Å²) < 4.78 is 5.47. The molecule has 0 bridgehead atoms. The van der Waals surface area contributed by atoms with Gasteiger partial charge in [0.2, 0.25) is 0 Å². The monoisotopic (exact) mass is 378 g/mol. The number of nitriles is 1. The number of pyridine rings is 1. The van der Waals surface area contributed by atoms with E-state index >= 15 is 0 Å². The molecule has 2 aliphatic heterocycles. The molecular formula is C21H26N6O. The molecule has 4 rings (SSSR count). The number of hydrogen-bond donors (Lipinski definition) is 0. The van der Waals surface area contributed by atoms with Crippen molar-refractivity contribution >= 4 is 11.6 Å². The fraction of sp³-hybridized carbons (Fsp3) is 0.524. The number of nitrogens with zero attached hydrogens (tertiary/aromatic N) is 6. The molecule has 0 aliphatic carbocycles. The maximum Gasteiger partial charge on any atom is 0.146 e. The van der Waals surface area contributed by atoms with Crippen LogP contribution in [-0.4, -0.2) is 54.3 Å². The minimum Gasteiger partial charge on any atom is -0.378 e. The third-order valence-corrected chi connectivity index (χ3v) is 5.45. The highest BCUT2D eigenvalue weighted by molar-refractivity contribution is 5.55. The number of rotatable bonds is 3. The predicted molar refractivity (Wildman–Crippen MR) is 108 cm³/mol. The number of piperidine rings is 1. The molecule has 28 heavy (non-hydrogen) atoms. The molecule has 1 unspecified atom stereocenters. The second-order valence-corrected chi connectivity index (χ2v) is 7.52. The average Bonchev–Trinajstić information content (AvgIpc) is 2.74. The molecule has 7 nitrogen and oxygen atoms in total. The minimum absolute atomic E-state index is 0.309. The Balaban J connectivity index is 1.59. The van der Waals surface area contributed by atoms with E-state index < -0.39 is 0 Å². The topological polar surface area (TPSA) is 78.2 Å². The van der Waals surface area contributed by atoms with Gasteiger partial charge >= 0.3 is 0 Å². The third kappa shape index (κ3) is 3.92. The van der Waals surface area contributed by atoms with Gasteiger partial charge in [0.1, 0.15) is 23.5 Å². The first-order valence-electron chi connectivity index (χ1n) is 9.95. The Kier molecular flexibility index (Phi) is 5.40. The second kappa shape index (κ2) is 8.11. The Morgan fingerprint density at radius 1 is 1.07 bits per heavy atom. The zero-order valence-corrected chi connectivity index (χ0v) is 16.6. The van der Waals surface area contributed by atoms with Crippen LogP contribution in [-0.2, 0) is 4.74 Å². The Labute approximate surface area is 166 Å². The van der Waals surface area contributed by atoms with Crippen LogP contribution < -0.4 is 9.80 Å². The largest absolute Gasteiger partial charge is 0.378 e. The first kappa shape index (κ1) is 18.6. The van der Waals surface area contributed by atoms with Crippen LogP contribution in [0.2, 0.25) is 0 Å². The van der Waals surface area contributed by atoms with E-state index in [4.69, 9.17) is 9.72 Å². The second-order valence-electron chi connectivity index (χ2n) is 7.52. The van der Waals surface area contributed by atoms with E-state index in [0.717, 1.165) is 81.1 Å². The quantitative estimate of drug-likeness (QED) is 0.812. The Morgan fingerprint density at radius 3 is 2.68 bits per heavy atom. The lowest BCUT2D eigenvalue weighted by molar-refractivity contribution is 0.122. The van der Waals surface area contributed by atoms with Crippen LogP contribution in [0.15, 0.2) is 18.2 Å². The summed E-state index contributed by atoms with van der Waals surface area (Å²) >= 11 is 0. The molecule has 0 N–H and O–H groups in total. The van der Waals surface area contributed by atoms with Gasteiger partial charge in [0.25, 0.3) is 0 Å². The van der Waals surface area contributed by atoms with Crippen molar-refractivity contribution in [2.24, 2.45) is 0 Å². The Hall–Kier alpha value is -2.72. The van der Waals surface area contributed by atoms with E-state index in [1.807, 2.05) is 26.0 Å². The zero-order chi connectivity index (χ0) is 19.5. The maximum absolute atomic E-state index is 9.49. The smallest absolute Gasteiger partial charge is 0.146 e. The molecule has 0 saturated carbocycles. The fourth-order valence-corrected chi connectivity index (χ4v) is 4.02. The van der Waals surface area contributed by atoms with Crippen molar-refractivity contribution in [1.29, 1.82) is 5.26 Å². The number of hydrogen-bond acceptors (Lipinski definition) is 7. The zero-order valence-electron chi connectivity index (χ0n) is 16.6. The van der Waals surface area contributed by atoms with Crippen LogP contribution in [0.4, 0.5) is 11.6 Å². The maximum atomic E-state index is 9.49. The summed E-state index contributed by atoms with van der Waals surface area (Å²) in [5.41, 5.74) is 2.66. The fourth-order valence-electron chi connectivity index (χ4n) is 4.02. The van der Waals surface area contributed by atoms with Gasteiger partial charge in [-0.2, -0.15) is 5.26 Å². The molecule has 2 aromatic heterocycles. The summed E-state index contributed by atoms with van der Waals surface area (Å²) in [6.45, 7) is 8.89. The molecule has 2 fully saturated rings. The molecule has 0 radical (unpaired) electrons. The average molecular weight is 378 g/mol. The van der Waals surface area contributed by atoms with Crippen molar-refractivity contribution in [2.75, 3.05) is 49.2 Å². The van der Waals surface area contributed by atoms with Gasteiger partial charge in [-0.15, -0.1) is 0 Å². The number of aryl methyl sites for hydroxylation is 2. The highest BCUT2D eigenvalue weighted by atomic mass is 16.5. The molecule has 0 aromatic carbocycles. The molecule has 1 atom stereocenters. The van der Waals surface area contributed by atoms with Crippen LogP contribution in [0.1, 0.15) is 41.5 Å². The van der Waals surface area contributed by atoms with E-state index in [-0.39, 0.29) is 0 Å². The van der Waals surface area contributed by atoms with Gasteiger partial charge in [-0.3, -0.25) is 0 Å². The molecule has 2 saturated heterocycles. The third-order valence-electron chi connectivity index (χ3n) is 5.45. The Bertz CT molecular complexity index is 887. The normalized spacial score (nSPS) is 20.1. The van der Waals surface area contributed by atoms with Crippen molar-refractivity contribution in [1.82, 2.24) is 15.0 Å². The van der Waals surface area contributed by atoms with Crippen LogP contribution in [0.3, 0.4) is 0 Å². The summed E-state index contributed by atoms with van der Waals surface area (Å²) in [4.78, 5) is 18.6. The van der Waals surface area contributed by atoms with Crippen LogP contribution in [0, 0.1) is 25.2 Å². The molecule has 4 heterocycles. The van der Waals surface area contributed by atoms with Gasteiger partial charge in [0, 0.05) is 43.9 Å². The first-order chi connectivity index (χ1) is 13.6. The molecule has 2 aliphatic rings. The lowest BCUT2D eigenvalue weighted by atomic mass is 9.94. The number of anilines is 2. The molecule has 7 heteroatoms. The van der Waals surface area contributed by atoms with Gasteiger partial charge in [-0.05, 0) is 38.8 Å². The number of ether oxygens (including phenoxy) is 1. The Morgan fingerprint density at radius 2 is 1.89 bits per heavy atom. The molecule has 0 amide bonds. The van der Waals surface area contributed by atoms with Crippen molar-refractivity contribution < 1.29 is 4.74 Å². The van der Waals surface area contributed by atoms with Gasteiger partial charge in [-0.1, -0.05) is 0 Å². The van der Waals surface area contributed by atoms with Crippen LogP contribution in [0.25, 0.3) is 0 Å². The van der Waals surface area contributed by atoms with Crippen molar-refractivity contribution in [3.63, 3.8) is 0 Å². The summed E-state index contributed by atoms with van der Waals surface area (Å²) in [6.07, 6.45) is 2.14. The van der Waals surface area contributed by atoms with Gasteiger partial charge in [-0.25, -0.2) is 15.0 Å². The SMILES string of the molecule is Cc1ccc(C#N)c(N2CCCC(c3cc(N4CCOCC4)nc(C)n3)C2)n1. The first-order valence-corrected chi connectivity index (χ1v) is 9.95. The van der Waals surface area contributed by atoms with Crippen molar-refractivity contribution in [3.8, 4) is 6.07 Å². The lowest BCUT2D eigenvalue weighted by Crippen LogP contribution is -2.38. The summed E-state index contributed by atoms with van der Waals surface area (Å²) in [5, 5.41) is 9.49. The van der Waals surface area contributed by atoms with E-state index in [1.54, 1.807) is 0 Å². The van der Waals surface area contributed by atoms with Crippen LogP contribution in [0.5, 0.6) is 0 Å². The van der Waals surface area contributed by atoms with Gasteiger partial charge in [0.15, 0.2) is 0 Å². The predicted octanol–water partition coefficient (Wildman–Crippen LogP) is 2.58. The lowest BCUT2D eigenvalue weighted by Gasteiger charge is -2.34. The minimum atomic E-state index is 0.309. The van der Waals surface area contributed by atoms with Crippen molar-refractivity contribution in [2.45, 2.75) is 32.6 Å². The standard InChI is InChI=1S/C21H26N6O/c1-15-5-6-17(13-22)21(23-15)27-7-3-4-18(14-27)19-12-20(25-16(2)24-19)26-8-10-28-11-9-26/h5-6,12,18H,3-4,7-11,14H2,1-2H3. The summed E-state index contributed by atoms with van der Waals surface area (Å²) in [6, 6.07) is 8.19. The summed E-state index contributed by atoms with van der Waals surface area (Å²) in [7, 11) is 0. The van der Waals surface area contributed by atoms with E-state index in [9.17, 15) is 5.26 Å². The van der Waals surface area contributed by atoms with Gasteiger partial charge in [0.05, 0.1) is 24.5 Å². The highest BCUT2D eigenvalue weighted by Crippen LogP contribution is 2.31. The summed E-state index contributed by atoms with van der Waals surface area (Å²) in [5.74, 6) is 2.91. The highest BCUT2D eigenvalue weighted by Gasteiger charge is 2.26. The number of morpholine rings is 1. The molecular weight excluding hydrogens is 352 g/mol. The van der Waals surface area contributed by atoms with Crippen LogP contribution >= 0.6 is 0 Å². The number of aromatic nitrogens is 3.